The average molecular weight is 279 g/mol. The topological polar surface area (TPSA) is 32.3 Å². The summed E-state index contributed by atoms with van der Waals surface area (Å²) in [5.74, 6) is 0.641. The predicted octanol–water partition coefficient (Wildman–Crippen LogP) is 3.26. The van der Waals surface area contributed by atoms with E-state index >= 15 is 0 Å². The largest absolute Gasteiger partial charge is 0.393 e. The first-order valence-corrected chi connectivity index (χ1v) is 8.07. The third-order valence-corrected chi connectivity index (χ3v) is 5.35. The highest BCUT2D eigenvalue weighted by atomic mass is 32.1. The van der Waals surface area contributed by atoms with Gasteiger partial charge in [0.25, 0.3) is 0 Å². The quantitative estimate of drug-likeness (QED) is 0.880. The molecule has 0 spiro atoms. The lowest BCUT2D eigenvalue weighted by atomic mass is 9.82. The van der Waals surface area contributed by atoms with Crippen LogP contribution in [0.3, 0.4) is 0 Å². The number of aliphatic hydroxyl groups excluding tert-OH is 1. The zero-order valence-electron chi connectivity index (χ0n) is 10.1. The second kappa shape index (κ2) is 5.53. The van der Waals surface area contributed by atoms with E-state index in [2.05, 4.69) is 40.3 Å². The van der Waals surface area contributed by atoms with Gasteiger partial charge in [-0.05, 0) is 48.2 Å². The molecule has 0 radical (unpaired) electrons. The Balaban J connectivity index is 1.67. The highest BCUT2D eigenvalue weighted by Gasteiger charge is 2.28. The molecule has 3 rings (SSSR count). The van der Waals surface area contributed by atoms with Gasteiger partial charge in [0.15, 0.2) is 0 Å². The number of hydrogen-bond acceptors (Lipinski definition) is 4. The summed E-state index contributed by atoms with van der Waals surface area (Å²) in [7, 11) is 0. The molecule has 0 unspecified atom stereocenters. The Hall–Kier alpha value is -0.680. The highest BCUT2D eigenvalue weighted by Crippen LogP contribution is 2.31. The van der Waals surface area contributed by atoms with Gasteiger partial charge in [0.1, 0.15) is 0 Å². The maximum absolute atomic E-state index is 9.33. The fourth-order valence-corrected chi connectivity index (χ4v) is 4.11. The monoisotopic (exact) mass is 279 g/mol. The van der Waals surface area contributed by atoms with Crippen molar-refractivity contribution in [2.24, 2.45) is 5.92 Å². The van der Waals surface area contributed by atoms with E-state index in [0.717, 1.165) is 19.4 Å². The first-order valence-electron chi connectivity index (χ1n) is 6.31. The van der Waals surface area contributed by atoms with Crippen LogP contribution in [0.1, 0.15) is 28.6 Å². The molecule has 0 atom stereocenters. The average Bonchev–Trinajstić information content (AvgIpc) is 2.99. The van der Waals surface area contributed by atoms with Gasteiger partial charge in [-0.1, -0.05) is 12.1 Å². The van der Waals surface area contributed by atoms with Crippen LogP contribution in [0.15, 0.2) is 35.0 Å². The molecule has 1 fully saturated rings. The van der Waals surface area contributed by atoms with Gasteiger partial charge in [-0.25, -0.2) is 0 Å². The lowest BCUT2D eigenvalue weighted by Crippen LogP contribution is -2.37. The Morgan fingerprint density at radius 3 is 2.22 bits per heavy atom. The Morgan fingerprint density at radius 2 is 1.78 bits per heavy atom. The van der Waals surface area contributed by atoms with Crippen molar-refractivity contribution in [3.63, 3.8) is 0 Å². The molecule has 1 aliphatic carbocycles. The lowest BCUT2D eigenvalue weighted by Gasteiger charge is -2.32. The molecule has 96 valence electrons. The van der Waals surface area contributed by atoms with Gasteiger partial charge < -0.3 is 10.4 Å². The minimum atomic E-state index is -0.0567. The Morgan fingerprint density at radius 1 is 1.17 bits per heavy atom. The third-order valence-electron chi connectivity index (χ3n) is 3.48. The molecule has 0 aromatic carbocycles. The molecule has 2 nitrogen and oxygen atoms in total. The normalized spacial score (nSPS) is 23.2. The number of thiophene rings is 2. The zero-order chi connectivity index (χ0) is 12.4. The lowest BCUT2D eigenvalue weighted by molar-refractivity contribution is 0.0424. The van der Waals surface area contributed by atoms with Crippen molar-refractivity contribution >= 4 is 22.7 Å². The SMILES string of the molecule is OC1CC(CNC(c2cccs2)c2cccs2)C1. The number of hydrogen-bond donors (Lipinski definition) is 2. The standard InChI is InChI=1S/C14H17NOS2/c16-11-7-10(8-11)9-15-14(12-3-1-5-17-12)13-4-2-6-18-13/h1-6,10-11,14-16H,7-9H2. The molecular formula is C14H17NOS2. The predicted molar refractivity (Wildman–Crippen MR) is 77.2 cm³/mol. The summed E-state index contributed by atoms with van der Waals surface area (Å²) in [6.07, 6.45) is 1.85. The van der Waals surface area contributed by atoms with E-state index in [1.807, 2.05) is 0 Å². The van der Waals surface area contributed by atoms with Crippen LogP contribution in [0.2, 0.25) is 0 Å². The molecular weight excluding hydrogens is 262 g/mol. The van der Waals surface area contributed by atoms with E-state index in [1.165, 1.54) is 9.75 Å². The maximum atomic E-state index is 9.33. The van der Waals surface area contributed by atoms with E-state index in [0.29, 0.717) is 12.0 Å². The van der Waals surface area contributed by atoms with Gasteiger partial charge in [0, 0.05) is 9.75 Å². The molecule has 0 aliphatic heterocycles. The van der Waals surface area contributed by atoms with E-state index < -0.39 is 0 Å². The van der Waals surface area contributed by atoms with Crippen molar-refractivity contribution in [2.75, 3.05) is 6.54 Å². The molecule has 0 bridgehead atoms. The van der Waals surface area contributed by atoms with Crippen molar-refractivity contribution in [3.05, 3.63) is 44.8 Å². The van der Waals surface area contributed by atoms with Gasteiger partial charge in [-0.3, -0.25) is 0 Å². The Labute approximate surface area is 115 Å². The van der Waals surface area contributed by atoms with E-state index in [9.17, 15) is 5.11 Å². The van der Waals surface area contributed by atoms with Gasteiger partial charge in [-0.15, -0.1) is 22.7 Å². The highest BCUT2D eigenvalue weighted by molar-refractivity contribution is 7.11. The summed E-state index contributed by atoms with van der Waals surface area (Å²) < 4.78 is 0. The first-order chi connectivity index (χ1) is 8.83. The first kappa shape index (κ1) is 12.4. The summed E-state index contributed by atoms with van der Waals surface area (Å²) in [4.78, 5) is 2.75. The fourth-order valence-electron chi connectivity index (χ4n) is 2.40. The van der Waals surface area contributed by atoms with Crippen LogP contribution in [0, 0.1) is 5.92 Å². The van der Waals surface area contributed by atoms with E-state index in [-0.39, 0.29) is 6.10 Å². The number of nitrogens with one attached hydrogen (secondary N) is 1. The molecule has 2 aromatic heterocycles. The van der Waals surface area contributed by atoms with Gasteiger partial charge in [0.05, 0.1) is 12.1 Å². The molecule has 2 heterocycles. The molecule has 1 aliphatic rings. The molecule has 18 heavy (non-hydrogen) atoms. The molecule has 0 saturated heterocycles. The van der Waals surface area contributed by atoms with Gasteiger partial charge in [0.2, 0.25) is 0 Å². The van der Waals surface area contributed by atoms with Crippen molar-refractivity contribution in [2.45, 2.75) is 25.0 Å². The Bertz CT molecular complexity index is 426. The smallest absolute Gasteiger partial charge is 0.0764 e. The van der Waals surface area contributed by atoms with E-state index in [4.69, 9.17) is 0 Å². The minimum Gasteiger partial charge on any atom is -0.393 e. The van der Waals surface area contributed by atoms with Crippen LogP contribution in [0.25, 0.3) is 0 Å². The summed E-state index contributed by atoms with van der Waals surface area (Å²) in [5, 5.41) is 17.2. The van der Waals surface area contributed by atoms with Crippen LogP contribution >= 0.6 is 22.7 Å². The summed E-state index contributed by atoms with van der Waals surface area (Å²) >= 11 is 3.60. The van der Waals surface area contributed by atoms with E-state index in [1.54, 1.807) is 22.7 Å². The minimum absolute atomic E-state index is 0.0567. The van der Waals surface area contributed by atoms with Crippen LogP contribution in [-0.2, 0) is 0 Å². The van der Waals surface area contributed by atoms with Crippen LogP contribution in [0.5, 0.6) is 0 Å². The van der Waals surface area contributed by atoms with Crippen molar-refractivity contribution < 1.29 is 5.11 Å². The molecule has 4 heteroatoms. The van der Waals surface area contributed by atoms with Crippen molar-refractivity contribution in [1.29, 1.82) is 0 Å². The van der Waals surface area contributed by atoms with Gasteiger partial charge >= 0.3 is 0 Å². The van der Waals surface area contributed by atoms with Crippen LogP contribution in [-0.4, -0.2) is 17.8 Å². The second-order valence-corrected chi connectivity index (χ2v) is 6.82. The van der Waals surface area contributed by atoms with Crippen molar-refractivity contribution in [1.82, 2.24) is 5.32 Å². The fraction of sp³-hybridized carbons (Fsp3) is 0.429. The van der Waals surface area contributed by atoms with Crippen LogP contribution < -0.4 is 5.32 Å². The molecule has 2 aromatic rings. The number of rotatable bonds is 5. The summed E-state index contributed by atoms with van der Waals surface area (Å²) in [6, 6.07) is 8.92. The number of aliphatic hydroxyl groups is 1. The van der Waals surface area contributed by atoms with Gasteiger partial charge in [-0.2, -0.15) is 0 Å². The summed E-state index contributed by atoms with van der Waals surface area (Å²) in [5.41, 5.74) is 0. The maximum Gasteiger partial charge on any atom is 0.0764 e. The Kier molecular flexibility index (Phi) is 3.80. The van der Waals surface area contributed by atoms with Crippen molar-refractivity contribution in [3.8, 4) is 0 Å². The third kappa shape index (κ3) is 2.67. The summed E-state index contributed by atoms with van der Waals surface area (Å²) in [6.45, 7) is 0.998. The second-order valence-electron chi connectivity index (χ2n) is 4.86. The van der Waals surface area contributed by atoms with Crippen LogP contribution in [0.4, 0.5) is 0 Å². The molecule has 1 saturated carbocycles. The molecule has 0 amide bonds. The molecule has 2 N–H and O–H groups in total. The zero-order valence-corrected chi connectivity index (χ0v) is 11.7.